The summed E-state index contributed by atoms with van der Waals surface area (Å²) in [5.74, 6) is 0.682. The zero-order valence-corrected chi connectivity index (χ0v) is 22.3. The molecule has 0 saturated carbocycles. The molecule has 2 aliphatic heterocycles. The van der Waals surface area contributed by atoms with Crippen LogP contribution in [0.1, 0.15) is 67.2 Å². The van der Waals surface area contributed by atoms with E-state index in [1.165, 1.54) is 17.5 Å². The number of carbonyl (C=O) groups excluding carboxylic acids is 1. The van der Waals surface area contributed by atoms with E-state index in [-0.39, 0.29) is 17.4 Å². The van der Waals surface area contributed by atoms with Gasteiger partial charge in [0.25, 0.3) is 5.91 Å². The number of aromatic nitrogens is 2. The van der Waals surface area contributed by atoms with Gasteiger partial charge in [-0.15, -0.1) is 0 Å². The highest BCUT2D eigenvalue weighted by atomic mass is 16.5. The van der Waals surface area contributed by atoms with Gasteiger partial charge in [0.2, 0.25) is 0 Å². The van der Waals surface area contributed by atoms with E-state index >= 15 is 0 Å². The third-order valence-electron chi connectivity index (χ3n) is 7.41. The fraction of sp³-hybridized carbons (Fsp3) is 0.607. The largest absolute Gasteiger partial charge is 0.379 e. The molecule has 8 nitrogen and oxygen atoms in total. The number of likely N-dealkylation sites (tertiary alicyclic amines) is 1. The van der Waals surface area contributed by atoms with Crippen molar-refractivity contribution in [3.05, 3.63) is 53.0 Å². The first-order chi connectivity index (χ1) is 17.3. The molecule has 0 bridgehead atoms. The summed E-state index contributed by atoms with van der Waals surface area (Å²) in [7, 11) is 1.74. The fourth-order valence-electron chi connectivity index (χ4n) is 4.99. The van der Waals surface area contributed by atoms with Gasteiger partial charge in [-0.1, -0.05) is 45.0 Å². The van der Waals surface area contributed by atoms with Gasteiger partial charge in [0.15, 0.2) is 0 Å². The minimum Gasteiger partial charge on any atom is -0.379 e. The van der Waals surface area contributed by atoms with Crippen molar-refractivity contribution >= 4 is 11.7 Å². The second kappa shape index (κ2) is 11.7. The number of ether oxygens (including phenoxy) is 2. The molecule has 3 heterocycles. The molecule has 0 spiro atoms. The third kappa shape index (κ3) is 6.41. The summed E-state index contributed by atoms with van der Waals surface area (Å²) in [5.41, 5.74) is 3.88. The Morgan fingerprint density at radius 2 is 1.86 bits per heavy atom. The van der Waals surface area contributed by atoms with E-state index in [0.717, 1.165) is 31.4 Å². The van der Waals surface area contributed by atoms with Crippen molar-refractivity contribution in [1.82, 2.24) is 20.2 Å². The van der Waals surface area contributed by atoms with Crippen LogP contribution in [-0.2, 0) is 21.4 Å². The number of piperidine rings is 1. The second-order valence-electron chi connectivity index (χ2n) is 11.0. The molecule has 2 unspecified atom stereocenters. The Labute approximate surface area is 215 Å². The predicted octanol–water partition coefficient (Wildman–Crippen LogP) is 3.69. The van der Waals surface area contributed by atoms with Crippen LogP contribution >= 0.6 is 0 Å². The third-order valence-corrected chi connectivity index (χ3v) is 7.41. The Balaban J connectivity index is 1.32. The van der Waals surface area contributed by atoms with Crippen LogP contribution in [0.25, 0.3) is 0 Å². The molecule has 8 heteroatoms. The van der Waals surface area contributed by atoms with E-state index in [1.54, 1.807) is 7.11 Å². The second-order valence-corrected chi connectivity index (χ2v) is 11.0. The van der Waals surface area contributed by atoms with Crippen LogP contribution in [0.3, 0.4) is 0 Å². The molecule has 2 aliphatic rings. The number of hydrogen-bond donors (Lipinski definition) is 2. The summed E-state index contributed by atoms with van der Waals surface area (Å²) in [6.45, 7) is 12.0. The summed E-state index contributed by atoms with van der Waals surface area (Å²) in [5, 5.41) is 7.14. The van der Waals surface area contributed by atoms with Crippen molar-refractivity contribution in [3.63, 3.8) is 0 Å². The summed E-state index contributed by atoms with van der Waals surface area (Å²) < 4.78 is 11.1. The normalized spacial score (nSPS) is 21.4. The Hall–Kier alpha value is -2.55. The van der Waals surface area contributed by atoms with Gasteiger partial charge in [-0.3, -0.25) is 4.79 Å². The number of methoxy groups -OCH3 is 1. The highest BCUT2D eigenvalue weighted by Crippen LogP contribution is 2.23. The number of hydrogen-bond acceptors (Lipinski definition) is 7. The van der Waals surface area contributed by atoms with Crippen LogP contribution in [-0.4, -0.2) is 72.4 Å². The van der Waals surface area contributed by atoms with Crippen molar-refractivity contribution in [3.8, 4) is 0 Å². The molecule has 4 rings (SSSR count). The lowest BCUT2D eigenvalue weighted by Gasteiger charge is -2.38. The molecule has 196 valence electrons. The molecule has 36 heavy (non-hydrogen) atoms. The lowest BCUT2D eigenvalue weighted by atomic mass is 9.87. The quantitative estimate of drug-likeness (QED) is 0.606. The number of nitrogens with zero attached hydrogens (tertiary/aromatic N) is 3. The van der Waals surface area contributed by atoms with Crippen molar-refractivity contribution in [2.24, 2.45) is 0 Å². The van der Waals surface area contributed by atoms with Crippen molar-refractivity contribution in [2.45, 2.75) is 77.1 Å². The standard InChI is InChI=1S/C28H41N5O3/c1-19-25(30-18-31-26(19)29-16-20-6-8-21(9-7-20)28(2,3)4)27(34)33-13-10-22(11-14-33)32-23-12-15-36-17-24(23)35-5/h6-9,18,22-24,32H,10-17H2,1-5H3,(H,29,30,31). The Bertz CT molecular complexity index is 1010. The zero-order chi connectivity index (χ0) is 25.7. The number of benzene rings is 1. The van der Waals surface area contributed by atoms with Crippen LogP contribution in [0, 0.1) is 6.92 Å². The van der Waals surface area contributed by atoms with Crippen LogP contribution in [0.5, 0.6) is 0 Å². The smallest absolute Gasteiger partial charge is 0.272 e. The topological polar surface area (TPSA) is 88.6 Å². The molecular formula is C28H41N5O3. The van der Waals surface area contributed by atoms with Gasteiger partial charge in [-0.2, -0.15) is 0 Å². The minimum absolute atomic E-state index is 0.0215. The zero-order valence-electron chi connectivity index (χ0n) is 22.3. The van der Waals surface area contributed by atoms with E-state index in [0.29, 0.717) is 49.8 Å². The Morgan fingerprint density at radius 3 is 2.53 bits per heavy atom. The average molecular weight is 496 g/mol. The maximum absolute atomic E-state index is 13.3. The summed E-state index contributed by atoms with van der Waals surface area (Å²) in [4.78, 5) is 24.0. The molecule has 1 aromatic carbocycles. The number of amides is 1. The average Bonchev–Trinajstić information content (AvgIpc) is 2.88. The molecule has 0 aliphatic carbocycles. The molecule has 0 radical (unpaired) electrons. The van der Waals surface area contributed by atoms with Gasteiger partial charge >= 0.3 is 0 Å². The van der Waals surface area contributed by atoms with Crippen molar-refractivity contribution in [2.75, 3.05) is 38.7 Å². The maximum atomic E-state index is 13.3. The predicted molar refractivity (Wildman–Crippen MR) is 141 cm³/mol. The van der Waals surface area contributed by atoms with E-state index in [9.17, 15) is 4.79 Å². The van der Waals surface area contributed by atoms with E-state index < -0.39 is 0 Å². The number of carbonyl (C=O) groups is 1. The highest BCUT2D eigenvalue weighted by molar-refractivity contribution is 5.94. The van der Waals surface area contributed by atoms with E-state index in [1.807, 2.05) is 11.8 Å². The first kappa shape index (κ1) is 26.5. The molecule has 1 amide bonds. The molecule has 2 saturated heterocycles. The summed E-state index contributed by atoms with van der Waals surface area (Å²) in [6, 6.07) is 9.32. The van der Waals surface area contributed by atoms with Gasteiger partial charge < -0.3 is 25.0 Å². The Kier molecular flexibility index (Phi) is 8.59. The number of anilines is 1. The first-order valence-electron chi connectivity index (χ1n) is 13.1. The lowest BCUT2D eigenvalue weighted by Crippen LogP contribution is -2.54. The molecule has 2 atom stereocenters. The van der Waals surface area contributed by atoms with Gasteiger partial charge in [0.1, 0.15) is 17.8 Å². The summed E-state index contributed by atoms with van der Waals surface area (Å²) >= 11 is 0. The number of rotatable bonds is 7. The highest BCUT2D eigenvalue weighted by Gasteiger charge is 2.31. The fourth-order valence-corrected chi connectivity index (χ4v) is 4.99. The molecule has 2 fully saturated rings. The van der Waals surface area contributed by atoms with Gasteiger partial charge in [-0.25, -0.2) is 9.97 Å². The van der Waals surface area contributed by atoms with Crippen LogP contribution in [0.4, 0.5) is 5.82 Å². The van der Waals surface area contributed by atoms with Gasteiger partial charge in [-0.05, 0) is 42.7 Å². The van der Waals surface area contributed by atoms with E-state index in [4.69, 9.17) is 9.47 Å². The molecule has 1 aromatic heterocycles. The molecule has 2 aromatic rings. The van der Waals surface area contributed by atoms with Crippen molar-refractivity contribution < 1.29 is 14.3 Å². The SMILES string of the molecule is COC1COCCC1NC1CCN(C(=O)c2ncnc(NCc3ccc(C(C)(C)C)cc3)c2C)CC1. The summed E-state index contributed by atoms with van der Waals surface area (Å²) in [6.07, 6.45) is 4.35. The molecular weight excluding hydrogens is 454 g/mol. The monoisotopic (exact) mass is 495 g/mol. The molecule has 2 N–H and O–H groups in total. The van der Waals surface area contributed by atoms with E-state index in [2.05, 4.69) is 65.6 Å². The van der Waals surface area contributed by atoms with Crippen LogP contribution in [0.15, 0.2) is 30.6 Å². The van der Waals surface area contributed by atoms with Crippen LogP contribution in [0.2, 0.25) is 0 Å². The lowest BCUT2D eigenvalue weighted by molar-refractivity contribution is -0.0533. The van der Waals surface area contributed by atoms with Crippen molar-refractivity contribution in [1.29, 1.82) is 0 Å². The first-order valence-corrected chi connectivity index (χ1v) is 13.1. The van der Waals surface area contributed by atoms with Crippen LogP contribution < -0.4 is 10.6 Å². The number of nitrogens with one attached hydrogen (secondary N) is 2. The Morgan fingerprint density at radius 1 is 1.14 bits per heavy atom. The minimum atomic E-state index is -0.0215. The maximum Gasteiger partial charge on any atom is 0.272 e. The van der Waals surface area contributed by atoms with Gasteiger partial charge in [0.05, 0.1) is 12.7 Å². The van der Waals surface area contributed by atoms with Gasteiger partial charge in [0, 0.05) is 51.0 Å².